The van der Waals surface area contributed by atoms with Crippen molar-refractivity contribution in [1.82, 2.24) is 15.4 Å². The molecule has 2 N–H and O–H groups in total. The number of unbranched alkanes of at least 4 members (excludes halogenated alkanes) is 3. The lowest BCUT2D eigenvalue weighted by Gasteiger charge is -2.29. The Morgan fingerprint density at radius 2 is 1.92 bits per heavy atom. The average molecular weight is 347 g/mol. The Hall–Kier alpha value is -1.95. The van der Waals surface area contributed by atoms with E-state index in [1.807, 2.05) is 4.90 Å². The molecule has 0 spiro atoms. The summed E-state index contributed by atoms with van der Waals surface area (Å²) in [6.45, 7) is 5.69. The van der Waals surface area contributed by atoms with Gasteiger partial charge in [0.05, 0.1) is 0 Å². The Kier molecular flexibility index (Phi) is 7.37. The number of hydroxylamine groups is 1. The Morgan fingerprint density at radius 3 is 2.60 bits per heavy atom. The number of aromatic nitrogens is 1. The zero-order valence-electron chi connectivity index (χ0n) is 15.3. The number of carbonyl (C=O) groups is 2. The summed E-state index contributed by atoms with van der Waals surface area (Å²) >= 11 is 0. The quantitative estimate of drug-likeness (QED) is 0.430. The van der Waals surface area contributed by atoms with Crippen LogP contribution in [0.3, 0.4) is 0 Å². The van der Waals surface area contributed by atoms with E-state index in [0.29, 0.717) is 25.3 Å². The van der Waals surface area contributed by atoms with Gasteiger partial charge in [0, 0.05) is 43.7 Å². The van der Waals surface area contributed by atoms with Gasteiger partial charge in [0.25, 0.3) is 0 Å². The highest BCUT2D eigenvalue weighted by molar-refractivity contribution is 5.76. The standard InChI is InChI=1S/C19H29N3O3/c1-14(2)16-10-9-15-13-22(12-11-17(15)20-16)19(24)8-6-4-3-5-7-18(23)21-25/h9-10,14,25H,3-8,11-13H2,1-2H3,(H,21,23). The molecular formula is C19H29N3O3. The van der Waals surface area contributed by atoms with Crippen molar-refractivity contribution in [1.29, 1.82) is 0 Å². The van der Waals surface area contributed by atoms with Crippen LogP contribution in [0.2, 0.25) is 0 Å². The fourth-order valence-electron chi connectivity index (χ4n) is 3.10. The molecule has 0 saturated heterocycles. The van der Waals surface area contributed by atoms with E-state index in [2.05, 4.69) is 26.0 Å². The maximum atomic E-state index is 12.4. The highest BCUT2D eigenvalue weighted by Crippen LogP contribution is 2.21. The molecule has 0 bridgehead atoms. The third kappa shape index (κ3) is 5.81. The van der Waals surface area contributed by atoms with Crippen LogP contribution >= 0.6 is 0 Å². The second-order valence-electron chi connectivity index (χ2n) is 7.01. The van der Waals surface area contributed by atoms with Crippen molar-refractivity contribution >= 4 is 11.8 Å². The maximum absolute atomic E-state index is 12.4. The zero-order valence-corrected chi connectivity index (χ0v) is 15.3. The number of pyridine rings is 1. The summed E-state index contributed by atoms with van der Waals surface area (Å²) in [5.74, 6) is 0.275. The molecule has 25 heavy (non-hydrogen) atoms. The summed E-state index contributed by atoms with van der Waals surface area (Å²) in [6, 6.07) is 4.18. The Balaban J connectivity index is 1.72. The van der Waals surface area contributed by atoms with Crippen LogP contribution in [-0.2, 0) is 22.6 Å². The van der Waals surface area contributed by atoms with Crippen molar-refractivity contribution in [2.75, 3.05) is 6.54 Å². The van der Waals surface area contributed by atoms with Gasteiger partial charge < -0.3 is 4.90 Å². The van der Waals surface area contributed by atoms with Crippen molar-refractivity contribution in [3.8, 4) is 0 Å². The summed E-state index contributed by atoms with van der Waals surface area (Å²) in [5.41, 5.74) is 5.05. The van der Waals surface area contributed by atoms with E-state index in [9.17, 15) is 9.59 Å². The zero-order chi connectivity index (χ0) is 18.2. The van der Waals surface area contributed by atoms with E-state index in [4.69, 9.17) is 10.2 Å². The van der Waals surface area contributed by atoms with E-state index in [1.54, 1.807) is 5.48 Å². The average Bonchev–Trinajstić information content (AvgIpc) is 2.62. The molecular weight excluding hydrogens is 318 g/mol. The number of nitrogens with zero attached hydrogens (tertiary/aromatic N) is 2. The molecule has 1 aromatic rings. The van der Waals surface area contributed by atoms with Crippen molar-refractivity contribution in [3.63, 3.8) is 0 Å². The second kappa shape index (κ2) is 9.51. The number of nitrogens with one attached hydrogen (secondary N) is 1. The van der Waals surface area contributed by atoms with Gasteiger partial charge in [-0.3, -0.25) is 19.8 Å². The molecule has 2 heterocycles. The lowest BCUT2D eigenvalue weighted by Crippen LogP contribution is -2.36. The van der Waals surface area contributed by atoms with Crippen molar-refractivity contribution in [2.24, 2.45) is 0 Å². The molecule has 0 saturated carbocycles. The maximum Gasteiger partial charge on any atom is 0.243 e. The molecule has 1 aliphatic rings. The first kappa shape index (κ1) is 19.4. The predicted octanol–water partition coefficient (Wildman–Crippen LogP) is 2.94. The van der Waals surface area contributed by atoms with Gasteiger partial charge >= 0.3 is 0 Å². The molecule has 2 amide bonds. The van der Waals surface area contributed by atoms with Gasteiger partial charge in [-0.25, -0.2) is 5.48 Å². The highest BCUT2D eigenvalue weighted by atomic mass is 16.5. The van der Waals surface area contributed by atoms with Gasteiger partial charge in [0.15, 0.2) is 0 Å². The molecule has 1 aromatic heterocycles. The summed E-state index contributed by atoms with van der Waals surface area (Å²) in [5, 5.41) is 8.41. The number of carbonyl (C=O) groups excluding carboxylic acids is 2. The van der Waals surface area contributed by atoms with Gasteiger partial charge in [-0.05, 0) is 30.4 Å². The van der Waals surface area contributed by atoms with Crippen molar-refractivity contribution in [2.45, 2.75) is 71.3 Å². The van der Waals surface area contributed by atoms with Crippen LogP contribution in [0.1, 0.15) is 75.2 Å². The van der Waals surface area contributed by atoms with Gasteiger partial charge in [-0.15, -0.1) is 0 Å². The number of hydrogen-bond donors (Lipinski definition) is 2. The topological polar surface area (TPSA) is 82.5 Å². The van der Waals surface area contributed by atoms with Gasteiger partial charge in [0.1, 0.15) is 0 Å². The second-order valence-corrected chi connectivity index (χ2v) is 7.01. The molecule has 0 aromatic carbocycles. The minimum Gasteiger partial charge on any atom is -0.338 e. The summed E-state index contributed by atoms with van der Waals surface area (Å²) in [4.78, 5) is 29.9. The molecule has 0 radical (unpaired) electrons. The lowest BCUT2D eigenvalue weighted by atomic mass is 10.0. The van der Waals surface area contributed by atoms with Crippen LogP contribution in [0.25, 0.3) is 0 Å². The summed E-state index contributed by atoms with van der Waals surface area (Å²) < 4.78 is 0. The molecule has 6 heteroatoms. The predicted molar refractivity (Wildman–Crippen MR) is 95.1 cm³/mol. The van der Waals surface area contributed by atoms with Crippen LogP contribution in [0, 0.1) is 0 Å². The molecule has 1 aliphatic heterocycles. The number of fused-ring (bicyclic) bond motifs is 1. The number of hydrogen-bond acceptors (Lipinski definition) is 4. The van der Waals surface area contributed by atoms with Crippen LogP contribution in [0.4, 0.5) is 0 Å². The van der Waals surface area contributed by atoms with Crippen LogP contribution in [-0.4, -0.2) is 33.5 Å². The van der Waals surface area contributed by atoms with Crippen molar-refractivity contribution < 1.29 is 14.8 Å². The van der Waals surface area contributed by atoms with Crippen molar-refractivity contribution in [3.05, 3.63) is 29.1 Å². The molecule has 0 atom stereocenters. The Bertz CT molecular complexity index is 602. The fourth-order valence-corrected chi connectivity index (χ4v) is 3.10. The highest BCUT2D eigenvalue weighted by Gasteiger charge is 2.21. The fraction of sp³-hybridized carbons (Fsp3) is 0.632. The van der Waals surface area contributed by atoms with E-state index in [-0.39, 0.29) is 11.8 Å². The molecule has 138 valence electrons. The molecule has 0 unspecified atom stereocenters. The third-order valence-corrected chi connectivity index (χ3v) is 4.68. The van der Waals surface area contributed by atoms with E-state index < -0.39 is 0 Å². The first-order chi connectivity index (χ1) is 12.0. The minimum absolute atomic E-state index is 0.201. The van der Waals surface area contributed by atoms with Gasteiger partial charge in [-0.1, -0.05) is 32.8 Å². The monoisotopic (exact) mass is 347 g/mol. The Labute approximate surface area is 149 Å². The van der Waals surface area contributed by atoms with Crippen LogP contribution in [0.15, 0.2) is 12.1 Å². The van der Waals surface area contributed by atoms with E-state index in [0.717, 1.165) is 50.0 Å². The number of amides is 2. The first-order valence-corrected chi connectivity index (χ1v) is 9.20. The van der Waals surface area contributed by atoms with E-state index >= 15 is 0 Å². The Morgan fingerprint density at radius 1 is 1.20 bits per heavy atom. The summed E-state index contributed by atoms with van der Waals surface area (Å²) in [7, 11) is 0. The summed E-state index contributed by atoms with van der Waals surface area (Å²) in [6.07, 6.45) is 5.12. The number of rotatable bonds is 8. The lowest BCUT2D eigenvalue weighted by molar-refractivity contribution is -0.132. The smallest absolute Gasteiger partial charge is 0.243 e. The third-order valence-electron chi connectivity index (χ3n) is 4.68. The van der Waals surface area contributed by atoms with E-state index in [1.165, 1.54) is 5.56 Å². The first-order valence-electron chi connectivity index (χ1n) is 9.20. The largest absolute Gasteiger partial charge is 0.338 e. The molecule has 6 nitrogen and oxygen atoms in total. The minimum atomic E-state index is -0.350. The molecule has 0 fully saturated rings. The van der Waals surface area contributed by atoms with Gasteiger partial charge in [0.2, 0.25) is 11.8 Å². The van der Waals surface area contributed by atoms with Gasteiger partial charge in [-0.2, -0.15) is 0 Å². The SMILES string of the molecule is CC(C)c1ccc2c(n1)CCN(C(=O)CCCCCCC(=O)NO)C2. The molecule has 2 rings (SSSR count). The molecule has 0 aliphatic carbocycles. The normalized spacial score (nSPS) is 13.7. The van der Waals surface area contributed by atoms with Crippen LogP contribution < -0.4 is 5.48 Å². The van der Waals surface area contributed by atoms with Crippen LogP contribution in [0.5, 0.6) is 0 Å².